The highest BCUT2D eigenvalue weighted by molar-refractivity contribution is 6.31. The van der Waals surface area contributed by atoms with Crippen molar-refractivity contribution in [2.24, 2.45) is 10.9 Å². The van der Waals surface area contributed by atoms with E-state index in [1.165, 1.54) is 23.3 Å². The lowest BCUT2D eigenvalue weighted by Crippen LogP contribution is -2.50. The van der Waals surface area contributed by atoms with Gasteiger partial charge in [-0.05, 0) is 38.2 Å². The number of para-hydroxylation sites is 1. The minimum atomic E-state index is -0.217. The van der Waals surface area contributed by atoms with Crippen molar-refractivity contribution in [1.82, 2.24) is 4.90 Å². The predicted octanol–water partition coefficient (Wildman–Crippen LogP) is 3.94. The number of rotatable bonds is 3. The molecule has 1 aromatic rings. The van der Waals surface area contributed by atoms with Gasteiger partial charge in [0.1, 0.15) is 6.04 Å². The molecule has 0 bridgehead atoms. The third kappa shape index (κ3) is 2.27. The van der Waals surface area contributed by atoms with Crippen molar-refractivity contribution in [2.45, 2.75) is 45.6 Å². The molecule has 0 saturated carbocycles. The Kier molecular flexibility index (Phi) is 3.91. The van der Waals surface area contributed by atoms with Crippen LogP contribution >= 0.6 is 0 Å². The molecule has 3 heterocycles. The summed E-state index contributed by atoms with van der Waals surface area (Å²) in [5, 5.41) is 0. The van der Waals surface area contributed by atoms with Gasteiger partial charge in [0.2, 0.25) is 0 Å². The lowest BCUT2D eigenvalue weighted by atomic mass is 9.80. The molecule has 4 rings (SSSR count). The molecule has 3 aliphatic rings. The molecule has 4 nitrogen and oxygen atoms in total. The largest absolute Gasteiger partial charge is 0.464 e. The van der Waals surface area contributed by atoms with Crippen LogP contribution in [0.3, 0.4) is 0 Å². The van der Waals surface area contributed by atoms with E-state index in [0.717, 1.165) is 30.8 Å². The number of aliphatic imine (C=N–C) groups is 1. The van der Waals surface area contributed by atoms with Crippen molar-refractivity contribution in [2.75, 3.05) is 13.2 Å². The van der Waals surface area contributed by atoms with Gasteiger partial charge in [-0.15, -0.1) is 0 Å². The summed E-state index contributed by atoms with van der Waals surface area (Å²) in [6, 6.07) is 8.13. The third-order valence-electron chi connectivity index (χ3n) is 5.44. The van der Waals surface area contributed by atoms with E-state index in [-0.39, 0.29) is 12.0 Å². The van der Waals surface area contributed by atoms with Gasteiger partial charge in [0.25, 0.3) is 0 Å². The summed E-state index contributed by atoms with van der Waals surface area (Å²) in [7, 11) is 0. The van der Waals surface area contributed by atoms with E-state index in [2.05, 4.69) is 30.0 Å². The van der Waals surface area contributed by atoms with Crippen LogP contribution in [0.2, 0.25) is 0 Å². The highest BCUT2D eigenvalue weighted by Gasteiger charge is 2.43. The Morgan fingerprint density at radius 1 is 1.33 bits per heavy atom. The summed E-state index contributed by atoms with van der Waals surface area (Å²) >= 11 is 0. The zero-order valence-corrected chi connectivity index (χ0v) is 14.4. The normalized spacial score (nSPS) is 24.9. The van der Waals surface area contributed by atoms with E-state index >= 15 is 0 Å². The van der Waals surface area contributed by atoms with Crippen LogP contribution in [0.25, 0.3) is 5.57 Å². The van der Waals surface area contributed by atoms with Crippen molar-refractivity contribution >= 4 is 22.9 Å². The molecule has 2 unspecified atom stereocenters. The van der Waals surface area contributed by atoms with Gasteiger partial charge >= 0.3 is 5.97 Å². The Balaban J connectivity index is 1.86. The summed E-state index contributed by atoms with van der Waals surface area (Å²) in [5.41, 5.74) is 5.96. The number of ether oxygens (including phenoxy) is 1. The van der Waals surface area contributed by atoms with Crippen LogP contribution in [0.1, 0.15) is 45.1 Å². The van der Waals surface area contributed by atoms with Gasteiger partial charge in [-0.3, -0.25) is 4.99 Å². The fourth-order valence-corrected chi connectivity index (χ4v) is 4.38. The SMILES string of the molecule is CCOC(=O)C1CC2=Nc3ccccc3C2=C2C(CC)CCCN21. The van der Waals surface area contributed by atoms with Crippen molar-refractivity contribution < 1.29 is 9.53 Å². The number of benzene rings is 1. The molecule has 1 saturated heterocycles. The molecule has 1 fully saturated rings. The average molecular weight is 324 g/mol. The van der Waals surface area contributed by atoms with Crippen molar-refractivity contribution in [1.29, 1.82) is 0 Å². The fourth-order valence-electron chi connectivity index (χ4n) is 4.38. The molecule has 4 heteroatoms. The van der Waals surface area contributed by atoms with Gasteiger partial charge in [-0.2, -0.15) is 0 Å². The Morgan fingerprint density at radius 3 is 2.96 bits per heavy atom. The molecule has 0 N–H and O–H groups in total. The molecule has 126 valence electrons. The minimum absolute atomic E-state index is 0.107. The van der Waals surface area contributed by atoms with Crippen LogP contribution in [-0.2, 0) is 9.53 Å². The zero-order valence-electron chi connectivity index (χ0n) is 14.4. The van der Waals surface area contributed by atoms with E-state index < -0.39 is 0 Å². The number of allylic oxidation sites excluding steroid dienone is 2. The lowest BCUT2D eigenvalue weighted by molar-refractivity contribution is -0.149. The van der Waals surface area contributed by atoms with Gasteiger partial charge in [-0.25, -0.2) is 4.79 Å². The van der Waals surface area contributed by atoms with Gasteiger partial charge in [0, 0.05) is 29.8 Å². The molecule has 0 amide bonds. The molecule has 2 atom stereocenters. The molecular formula is C20H24N2O2. The number of hydrogen-bond acceptors (Lipinski definition) is 4. The van der Waals surface area contributed by atoms with Crippen LogP contribution in [0, 0.1) is 5.92 Å². The van der Waals surface area contributed by atoms with E-state index in [1.54, 1.807) is 0 Å². The Labute approximate surface area is 143 Å². The van der Waals surface area contributed by atoms with Crippen molar-refractivity contribution in [3.8, 4) is 0 Å². The van der Waals surface area contributed by atoms with Gasteiger partial charge in [0.15, 0.2) is 0 Å². The highest BCUT2D eigenvalue weighted by Crippen LogP contribution is 2.47. The molecular weight excluding hydrogens is 300 g/mol. The first-order chi connectivity index (χ1) is 11.7. The Bertz CT molecular complexity index is 735. The molecule has 3 aliphatic heterocycles. The molecule has 24 heavy (non-hydrogen) atoms. The second-order valence-corrected chi connectivity index (χ2v) is 6.75. The summed E-state index contributed by atoms with van der Waals surface area (Å²) in [6.45, 7) is 5.48. The van der Waals surface area contributed by atoms with Crippen LogP contribution < -0.4 is 0 Å². The molecule has 1 aromatic carbocycles. The smallest absolute Gasteiger partial charge is 0.329 e. The van der Waals surface area contributed by atoms with Gasteiger partial charge < -0.3 is 9.64 Å². The van der Waals surface area contributed by atoms with E-state index in [0.29, 0.717) is 18.9 Å². The zero-order chi connectivity index (χ0) is 16.7. The topological polar surface area (TPSA) is 41.9 Å². The van der Waals surface area contributed by atoms with Crippen LogP contribution in [-0.4, -0.2) is 35.8 Å². The van der Waals surface area contributed by atoms with Crippen molar-refractivity contribution in [3.05, 3.63) is 35.5 Å². The highest BCUT2D eigenvalue weighted by atomic mass is 16.5. The van der Waals surface area contributed by atoms with E-state index in [9.17, 15) is 4.79 Å². The first-order valence-corrected chi connectivity index (χ1v) is 9.09. The van der Waals surface area contributed by atoms with Crippen LogP contribution in [0.15, 0.2) is 35.0 Å². The lowest BCUT2D eigenvalue weighted by Gasteiger charge is -2.45. The minimum Gasteiger partial charge on any atom is -0.464 e. The summed E-state index contributed by atoms with van der Waals surface area (Å²) in [6.07, 6.45) is 4.08. The van der Waals surface area contributed by atoms with Crippen LogP contribution in [0.5, 0.6) is 0 Å². The average Bonchev–Trinajstić information content (AvgIpc) is 2.99. The molecule has 0 spiro atoms. The Morgan fingerprint density at radius 2 is 2.17 bits per heavy atom. The second-order valence-electron chi connectivity index (χ2n) is 6.75. The first-order valence-electron chi connectivity index (χ1n) is 9.09. The van der Waals surface area contributed by atoms with E-state index in [4.69, 9.17) is 9.73 Å². The number of piperidine rings is 1. The monoisotopic (exact) mass is 324 g/mol. The van der Waals surface area contributed by atoms with Gasteiger partial charge in [-0.1, -0.05) is 25.1 Å². The van der Waals surface area contributed by atoms with Crippen molar-refractivity contribution in [3.63, 3.8) is 0 Å². The predicted molar refractivity (Wildman–Crippen MR) is 95.2 cm³/mol. The number of hydrogen-bond donors (Lipinski definition) is 0. The maximum atomic E-state index is 12.6. The summed E-state index contributed by atoms with van der Waals surface area (Å²) in [4.78, 5) is 19.7. The standard InChI is InChI=1S/C20H24N2O2/c1-3-13-8-7-11-22-17(20(23)24-4-2)12-16-18(19(13)22)14-9-5-6-10-15(14)21-16/h5-6,9-10,13,17H,3-4,7-8,11-12H2,1-2H3. The Hall–Kier alpha value is -2.10. The summed E-state index contributed by atoms with van der Waals surface area (Å²) in [5.74, 6) is 0.395. The number of esters is 1. The molecule has 0 aliphatic carbocycles. The number of fused-ring (bicyclic) bond motifs is 4. The number of carbonyl (C=O) groups is 1. The van der Waals surface area contributed by atoms with Crippen LogP contribution in [0.4, 0.5) is 5.69 Å². The van der Waals surface area contributed by atoms with E-state index in [1.807, 2.05) is 13.0 Å². The van der Waals surface area contributed by atoms with Gasteiger partial charge in [0.05, 0.1) is 18.0 Å². The number of carbonyl (C=O) groups excluding carboxylic acids is 1. The summed E-state index contributed by atoms with van der Waals surface area (Å²) < 4.78 is 5.37. The molecule has 0 radical (unpaired) electrons. The maximum absolute atomic E-state index is 12.6. The third-order valence-corrected chi connectivity index (χ3v) is 5.44. The fraction of sp³-hybridized carbons (Fsp3) is 0.500. The molecule has 0 aromatic heterocycles. The maximum Gasteiger partial charge on any atom is 0.329 e. The number of nitrogens with zero attached hydrogens (tertiary/aromatic N) is 2. The first kappa shape index (κ1) is 15.4. The second kappa shape index (κ2) is 6.08. The quantitative estimate of drug-likeness (QED) is 0.791.